The van der Waals surface area contributed by atoms with Crippen LogP contribution in [0.4, 0.5) is 0 Å². The molecule has 2 heterocycles. The van der Waals surface area contributed by atoms with Crippen molar-refractivity contribution >= 4 is 5.97 Å². The number of aromatic nitrogens is 1. The van der Waals surface area contributed by atoms with Gasteiger partial charge >= 0.3 is 5.97 Å². The minimum absolute atomic E-state index is 0.134. The molecule has 0 saturated carbocycles. The van der Waals surface area contributed by atoms with E-state index in [2.05, 4.69) is 10.1 Å². The van der Waals surface area contributed by atoms with E-state index in [1.54, 1.807) is 0 Å². The van der Waals surface area contributed by atoms with Crippen molar-refractivity contribution < 1.29 is 14.4 Å². The Bertz CT molecular complexity index is 383. The molecule has 6 heteroatoms. The molecule has 1 fully saturated rings. The van der Waals surface area contributed by atoms with E-state index in [0.717, 1.165) is 44.2 Å². The van der Waals surface area contributed by atoms with Crippen LogP contribution in [-0.4, -0.2) is 58.8 Å². The van der Waals surface area contributed by atoms with E-state index in [0.29, 0.717) is 0 Å². The summed E-state index contributed by atoms with van der Waals surface area (Å²) in [6.07, 6.45) is 0. The largest absolute Gasteiger partial charge is 0.480 e. The number of hydrogen-bond acceptors (Lipinski definition) is 5. The summed E-state index contributed by atoms with van der Waals surface area (Å²) < 4.78 is 5.16. The van der Waals surface area contributed by atoms with E-state index in [4.69, 9.17) is 9.63 Å². The Morgan fingerprint density at radius 2 is 2.06 bits per heavy atom. The Balaban J connectivity index is 1.77. The lowest BCUT2D eigenvalue weighted by Gasteiger charge is -2.33. The first-order valence-corrected chi connectivity index (χ1v) is 5.72. The van der Waals surface area contributed by atoms with Crippen LogP contribution in [-0.2, 0) is 11.3 Å². The molecule has 1 aromatic rings. The predicted octanol–water partition coefficient (Wildman–Crippen LogP) is 0.185. The molecule has 1 aromatic heterocycles. The molecule has 0 aliphatic carbocycles. The van der Waals surface area contributed by atoms with Crippen molar-refractivity contribution in [2.24, 2.45) is 0 Å². The predicted molar refractivity (Wildman–Crippen MR) is 60.6 cm³/mol. The van der Waals surface area contributed by atoms with Crippen LogP contribution in [0.15, 0.2) is 10.6 Å². The Morgan fingerprint density at radius 1 is 1.41 bits per heavy atom. The molecule has 0 bridgehead atoms. The fourth-order valence-electron chi connectivity index (χ4n) is 2.01. The number of carboxylic acid groups (broad SMARTS) is 1. The summed E-state index contributed by atoms with van der Waals surface area (Å²) in [5.74, 6) is 0.110. The molecule has 0 radical (unpaired) electrons. The first-order chi connectivity index (χ1) is 8.13. The summed E-state index contributed by atoms with van der Waals surface area (Å²) in [5.41, 5.74) is 0.893. The zero-order chi connectivity index (χ0) is 12.3. The van der Waals surface area contributed by atoms with Gasteiger partial charge in [-0.05, 0) is 6.92 Å². The van der Waals surface area contributed by atoms with Gasteiger partial charge in [0.05, 0.1) is 18.8 Å². The molecule has 6 nitrogen and oxygen atoms in total. The fourth-order valence-corrected chi connectivity index (χ4v) is 2.01. The van der Waals surface area contributed by atoms with Gasteiger partial charge in [0, 0.05) is 32.2 Å². The van der Waals surface area contributed by atoms with Crippen LogP contribution in [0.5, 0.6) is 0 Å². The molecule has 0 aromatic carbocycles. The van der Waals surface area contributed by atoms with Crippen LogP contribution in [0.1, 0.15) is 11.5 Å². The smallest absolute Gasteiger partial charge is 0.317 e. The van der Waals surface area contributed by atoms with E-state index >= 15 is 0 Å². The maximum Gasteiger partial charge on any atom is 0.317 e. The van der Waals surface area contributed by atoms with Crippen molar-refractivity contribution in [1.82, 2.24) is 15.0 Å². The van der Waals surface area contributed by atoms with Gasteiger partial charge in [0.1, 0.15) is 0 Å². The lowest BCUT2D eigenvalue weighted by molar-refractivity contribution is -0.138. The quantitative estimate of drug-likeness (QED) is 0.808. The maximum absolute atomic E-state index is 10.6. The topological polar surface area (TPSA) is 69.8 Å². The standard InChI is InChI=1S/C11H17N3O3/c1-9-6-10(17-12-9)7-13-2-4-14(5-3-13)8-11(15)16/h6H,2-5,7-8H2,1H3,(H,15,16). The van der Waals surface area contributed by atoms with Crippen LogP contribution >= 0.6 is 0 Å². The van der Waals surface area contributed by atoms with Crippen LogP contribution in [0, 0.1) is 6.92 Å². The molecule has 17 heavy (non-hydrogen) atoms. The van der Waals surface area contributed by atoms with Crippen molar-refractivity contribution in [3.05, 3.63) is 17.5 Å². The third-order valence-corrected chi connectivity index (χ3v) is 2.88. The van der Waals surface area contributed by atoms with Gasteiger partial charge in [0.15, 0.2) is 5.76 Å². The van der Waals surface area contributed by atoms with Crippen molar-refractivity contribution in [2.45, 2.75) is 13.5 Å². The summed E-state index contributed by atoms with van der Waals surface area (Å²) in [6.45, 7) is 6.10. The second-order valence-electron chi connectivity index (χ2n) is 4.38. The van der Waals surface area contributed by atoms with Crippen molar-refractivity contribution in [3.8, 4) is 0 Å². The lowest BCUT2D eigenvalue weighted by Crippen LogP contribution is -2.47. The first kappa shape index (κ1) is 12.1. The highest BCUT2D eigenvalue weighted by Gasteiger charge is 2.19. The number of aryl methyl sites for hydroxylation is 1. The molecule has 0 unspecified atom stereocenters. The average molecular weight is 239 g/mol. The van der Waals surface area contributed by atoms with Crippen molar-refractivity contribution in [2.75, 3.05) is 32.7 Å². The van der Waals surface area contributed by atoms with E-state index in [9.17, 15) is 4.79 Å². The summed E-state index contributed by atoms with van der Waals surface area (Å²) in [5, 5.41) is 12.5. The molecule has 2 rings (SSSR count). The van der Waals surface area contributed by atoms with Crippen molar-refractivity contribution in [3.63, 3.8) is 0 Å². The van der Waals surface area contributed by atoms with E-state index < -0.39 is 5.97 Å². The molecule has 94 valence electrons. The summed E-state index contributed by atoms with van der Waals surface area (Å²) in [4.78, 5) is 14.8. The van der Waals surface area contributed by atoms with Gasteiger partial charge in [-0.1, -0.05) is 5.16 Å². The average Bonchev–Trinajstić information content (AvgIpc) is 2.66. The summed E-state index contributed by atoms with van der Waals surface area (Å²) >= 11 is 0. The lowest BCUT2D eigenvalue weighted by atomic mass is 10.3. The Hall–Kier alpha value is -1.40. The maximum atomic E-state index is 10.6. The fraction of sp³-hybridized carbons (Fsp3) is 0.636. The Kier molecular flexibility index (Phi) is 3.75. The van der Waals surface area contributed by atoms with Gasteiger partial charge in [-0.3, -0.25) is 14.6 Å². The van der Waals surface area contributed by atoms with Crippen LogP contribution < -0.4 is 0 Å². The molecule has 0 amide bonds. The monoisotopic (exact) mass is 239 g/mol. The minimum atomic E-state index is -0.760. The molecular formula is C11H17N3O3. The number of carbonyl (C=O) groups is 1. The summed E-state index contributed by atoms with van der Waals surface area (Å²) in [7, 11) is 0. The van der Waals surface area contributed by atoms with Crippen LogP contribution in [0.3, 0.4) is 0 Å². The van der Waals surface area contributed by atoms with Crippen LogP contribution in [0.25, 0.3) is 0 Å². The molecule has 0 atom stereocenters. The zero-order valence-electron chi connectivity index (χ0n) is 9.93. The summed E-state index contributed by atoms with van der Waals surface area (Å²) in [6, 6.07) is 1.93. The third-order valence-electron chi connectivity index (χ3n) is 2.88. The molecular weight excluding hydrogens is 222 g/mol. The first-order valence-electron chi connectivity index (χ1n) is 5.72. The highest BCUT2D eigenvalue weighted by atomic mass is 16.5. The molecule has 1 aliphatic heterocycles. The highest BCUT2D eigenvalue weighted by Crippen LogP contribution is 2.09. The third kappa shape index (κ3) is 3.54. The zero-order valence-corrected chi connectivity index (χ0v) is 9.93. The molecule has 0 spiro atoms. The molecule has 1 saturated heterocycles. The second-order valence-corrected chi connectivity index (χ2v) is 4.38. The number of nitrogens with zero attached hydrogens (tertiary/aromatic N) is 3. The SMILES string of the molecule is Cc1cc(CN2CCN(CC(=O)O)CC2)on1. The Morgan fingerprint density at radius 3 is 2.59 bits per heavy atom. The molecule has 1 N–H and O–H groups in total. The number of carboxylic acids is 1. The van der Waals surface area contributed by atoms with E-state index in [-0.39, 0.29) is 6.54 Å². The number of aliphatic carboxylic acids is 1. The number of hydrogen-bond donors (Lipinski definition) is 1. The Labute approximate surface area is 99.8 Å². The highest BCUT2D eigenvalue weighted by molar-refractivity contribution is 5.69. The van der Waals surface area contributed by atoms with Gasteiger partial charge < -0.3 is 9.63 Å². The van der Waals surface area contributed by atoms with E-state index in [1.807, 2.05) is 17.9 Å². The van der Waals surface area contributed by atoms with Gasteiger partial charge in [0.2, 0.25) is 0 Å². The van der Waals surface area contributed by atoms with Gasteiger partial charge in [-0.25, -0.2) is 0 Å². The van der Waals surface area contributed by atoms with Gasteiger partial charge in [0.25, 0.3) is 0 Å². The van der Waals surface area contributed by atoms with Crippen molar-refractivity contribution in [1.29, 1.82) is 0 Å². The number of rotatable bonds is 4. The van der Waals surface area contributed by atoms with E-state index in [1.165, 1.54) is 0 Å². The van der Waals surface area contributed by atoms with Gasteiger partial charge in [-0.2, -0.15) is 0 Å². The normalized spacial score (nSPS) is 18.4. The minimum Gasteiger partial charge on any atom is -0.480 e. The molecule has 1 aliphatic rings. The van der Waals surface area contributed by atoms with Gasteiger partial charge in [-0.15, -0.1) is 0 Å². The number of piperazine rings is 1. The van der Waals surface area contributed by atoms with Crippen LogP contribution in [0.2, 0.25) is 0 Å². The second kappa shape index (κ2) is 5.29.